The molecule has 0 unspecified atom stereocenters. The minimum Gasteiger partial charge on any atom is -0.481 e. The molecule has 7 nitrogen and oxygen atoms in total. The highest BCUT2D eigenvalue weighted by Gasteiger charge is 2.32. The second-order valence-corrected chi connectivity index (χ2v) is 6.97. The Kier molecular flexibility index (Phi) is 5.18. The third-order valence-electron chi connectivity index (χ3n) is 4.78. The minimum atomic E-state index is -4.56. The molecule has 11 heteroatoms. The van der Waals surface area contributed by atoms with Gasteiger partial charge in [-0.05, 0) is 55.8 Å². The van der Waals surface area contributed by atoms with Crippen LogP contribution in [0.4, 0.5) is 13.2 Å². The monoisotopic (exact) mass is 449 g/mol. The van der Waals surface area contributed by atoms with Crippen LogP contribution >= 0.6 is 11.6 Å². The molecule has 0 aliphatic carbocycles. The van der Waals surface area contributed by atoms with Crippen LogP contribution in [0.2, 0.25) is 5.28 Å². The summed E-state index contributed by atoms with van der Waals surface area (Å²) in [5, 5.41) is 12.0. The topological polar surface area (TPSA) is 74.4 Å². The van der Waals surface area contributed by atoms with Crippen molar-refractivity contribution in [3.63, 3.8) is 0 Å². The van der Waals surface area contributed by atoms with Crippen molar-refractivity contribution in [3.05, 3.63) is 58.5 Å². The lowest BCUT2D eigenvalue weighted by molar-refractivity contribution is -0.137. The van der Waals surface area contributed by atoms with E-state index in [1.54, 1.807) is 26.0 Å². The van der Waals surface area contributed by atoms with Crippen LogP contribution in [0.1, 0.15) is 16.7 Å². The van der Waals surface area contributed by atoms with Gasteiger partial charge in [0, 0.05) is 28.5 Å². The zero-order valence-corrected chi connectivity index (χ0v) is 17.3. The summed E-state index contributed by atoms with van der Waals surface area (Å²) in [4.78, 5) is 4.12. The first-order chi connectivity index (χ1) is 14.7. The van der Waals surface area contributed by atoms with E-state index >= 15 is 0 Å². The number of ether oxygens (including phenoxy) is 2. The highest BCUT2D eigenvalue weighted by molar-refractivity contribution is 6.28. The molecule has 0 radical (unpaired) electrons. The Morgan fingerprint density at radius 1 is 1.00 bits per heavy atom. The molecular formula is C20H15ClF3N5O2. The van der Waals surface area contributed by atoms with Gasteiger partial charge in [-0.25, -0.2) is 4.98 Å². The van der Waals surface area contributed by atoms with Gasteiger partial charge >= 0.3 is 6.18 Å². The highest BCUT2D eigenvalue weighted by Crippen LogP contribution is 2.41. The number of rotatable bonds is 4. The Morgan fingerprint density at radius 2 is 1.77 bits per heavy atom. The lowest BCUT2D eigenvalue weighted by Gasteiger charge is -2.17. The van der Waals surface area contributed by atoms with Gasteiger partial charge in [-0.3, -0.25) is 0 Å². The number of halogens is 4. The van der Waals surface area contributed by atoms with E-state index in [4.69, 9.17) is 21.1 Å². The van der Waals surface area contributed by atoms with Crippen LogP contribution in [0, 0.1) is 13.8 Å². The highest BCUT2D eigenvalue weighted by atomic mass is 35.5. The molecule has 0 amide bonds. The molecule has 0 atom stereocenters. The number of aromatic nitrogens is 5. The second-order valence-electron chi connectivity index (χ2n) is 6.63. The molecule has 4 rings (SSSR count). The molecule has 0 spiro atoms. The molecule has 4 aromatic rings. The molecule has 1 aromatic carbocycles. The molecule has 3 heterocycles. The van der Waals surface area contributed by atoms with Gasteiger partial charge in [0.05, 0.1) is 12.7 Å². The number of nitrogens with zero attached hydrogens (tertiary/aromatic N) is 5. The van der Waals surface area contributed by atoms with E-state index in [1.807, 2.05) is 0 Å². The molecular weight excluding hydrogens is 435 g/mol. The number of hydrogen-bond donors (Lipinski definition) is 0. The van der Waals surface area contributed by atoms with Crippen LogP contribution in [-0.2, 0) is 6.18 Å². The normalized spacial score (nSPS) is 11.7. The zero-order chi connectivity index (χ0) is 22.3. The SMILES string of the molecule is COc1ncccc1-c1ccc(C(F)(F)F)cc1Oc1nn2c(Cl)nnc2c(C)c1C. The van der Waals surface area contributed by atoms with Crippen molar-refractivity contribution in [1.29, 1.82) is 0 Å². The number of benzene rings is 1. The van der Waals surface area contributed by atoms with Crippen LogP contribution in [0.3, 0.4) is 0 Å². The Morgan fingerprint density at radius 3 is 2.48 bits per heavy atom. The minimum absolute atomic E-state index is 0.00106. The summed E-state index contributed by atoms with van der Waals surface area (Å²) in [6.07, 6.45) is -3.04. The van der Waals surface area contributed by atoms with E-state index in [2.05, 4.69) is 20.3 Å². The zero-order valence-electron chi connectivity index (χ0n) is 16.5. The number of fused-ring (bicyclic) bond motifs is 1. The van der Waals surface area contributed by atoms with E-state index in [0.717, 1.165) is 12.1 Å². The molecule has 0 aliphatic rings. The van der Waals surface area contributed by atoms with Crippen molar-refractivity contribution in [1.82, 2.24) is 24.8 Å². The summed E-state index contributed by atoms with van der Waals surface area (Å²) in [5.41, 5.74) is 1.63. The molecule has 0 saturated carbocycles. The predicted octanol–water partition coefficient (Wildman–Crippen LogP) is 5.28. The molecule has 0 N–H and O–H groups in total. The predicted molar refractivity (Wildman–Crippen MR) is 107 cm³/mol. The van der Waals surface area contributed by atoms with E-state index in [1.165, 1.54) is 23.9 Å². The van der Waals surface area contributed by atoms with Crippen molar-refractivity contribution in [2.24, 2.45) is 0 Å². The van der Waals surface area contributed by atoms with Gasteiger partial charge in [0.15, 0.2) is 5.65 Å². The average Bonchev–Trinajstić information content (AvgIpc) is 3.11. The number of pyridine rings is 1. The van der Waals surface area contributed by atoms with Crippen molar-refractivity contribution < 1.29 is 22.6 Å². The van der Waals surface area contributed by atoms with Gasteiger partial charge in [0.25, 0.3) is 0 Å². The Balaban J connectivity index is 1.92. The van der Waals surface area contributed by atoms with Crippen molar-refractivity contribution in [2.75, 3.05) is 7.11 Å². The molecule has 31 heavy (non-hydrogen) atoms. The first-order valence-electron chi connectivity index (χ1n) is 8.97. The molecule has 0 aliphatic heterocycles. The summed E-state index contributed by atoms with van der Waals surface area (Å²) < 4.78 is 52.6. The van der Waals surface area contributed by atoms with E-state index < -0.39 is 11.7 Å². The standard InChI is InChI=1S/C20H15ClF3N5O2/c1-10-11(2)17(28-29-16(10)26-27-19(29)21)31-15-9-12(20(22,23)24)6-7-13(15)14-5-4-8-25-18(14)30-3/h4-9H,1-3H3. The fourth-order valence-corrected chi connectivity index (χ4v) is 3.20. The van der Waals surface area contributed by atoms with Crippen LogP contribution in [-0.4, -0.2) is 31.9 Å². The largest absolute Gasteiger partial charge is 0.481 e. The summed E-state index contributed by atoms with van der Waals surface area (Å²) >= 11 is 6.02. The van der Waals surface area contributed by atoms with Gasteiger partial charge in [-0.1, -0.05) is 0 Å². The van der Waals surface area contributed by atoms with Crippen molar-refractivity contribution in [2.45, 2.75) is 20.0 Å². The van der Waals surface area contributed by atoms with Crippen LogP contribution < -0.4 is 9.47 Å². The smallest absolute Gasteiger partial charge is 0.416 e. The summed E-state index contributed by atoms with van der Waals surface area (Å²) in [5.74, 6) is 0.236. The number of alkyl halides is 3. The lowest BCUT2D eigenvalue weighted by atomic mass is 10.0. The first kappa shape index (κ1) is 20.9. The van der Waals surface area contributed by atoms with Crippen LogP contribution in [0.5, 0.6) is 17.5 Å². The average molecular weight is 450 g/mol. The maximum Gasteiger partial charge on any atom is 0.416 e. The lowest BCUT2D eigenvalue weighted by Crippen LogP contribution is -2.07. The fourth-order valence-electron chi connectivity index (χ4n) is 3.04. The summed E-state index contributed by atoms with van der Waals surface area (Å²) in [6, 6.07) is 6.52. The Labute approximate surface area is 179 Å². The Hall–Kier alpha value is -3.40. The number of aryl methyl sites for hydroxylation is 1. The second kappa shape index (κ2) is 7.69. The summed E-state index contributed by atoms with van der Waals surface area (Å²) in [6.45, 7) is 3.49. The Bertz CT molecular complexity index is 1290. The fraction of sp³-hybridized carbons (Fsp3) is 0.200. The third kappa shape index (κ3) is 3.74. The molecule has 160 valence electrons. The van der Waals surface area contributed by atoms with Gasteiger partial charge in [-0.15, -0.1) is 15.3 Å². The quantitative estimate of drug-likeness (QED) is 0.422. The maximum absolute atomic E-state index is 13.4. The molecule has 3 aromatic heterocycles. The van der Waals surface area contributed by atoms with Crippen molar-refractivity contribution in [3.8, 4) is 28.6 Å². The number of hydrogen-bond acceptors (Lipinski definition) is 6. The molecule has 0 saturated heterocycles. The van der Waals surface area contributed by atoms with Crippen LogP contribution in [0.15, 0.2) is 36.5 Å². The van der Waals surface area contributed by atoms with E-state index in [0.29, 0.717) is 27.9 Å². The third-order valence-corrected chi connectivity index (χ3v) is 5.02. The summed E-state index contributed by atoms with van der Waals surface area (Å²) in [7, 11) is 1.42. The van der Waals surface area contributed by atoms with Gasteiger partial charge in [-0.2, -0.15) is 17.7 Å². The van der Waals surface area contributed by atoms with Gasteiger partial charge in [0.1, 0.15) is 5.75 Å². The van der Waals surface area contributed by atoms with E-state index in [-0.39, 0.29) is 22.8 Å². The van der Waals surface area contributed by atoms with Gasteiger partial charge < -0.3 is 9.47 Å². The molecule has 0 bridgehead atoms. The first-order valence-corrected chi connectivity index (χ1v) is 9.35. The van der Waals surface area contributed by atoms with Crippen molar-refractivity contribution >= 4 is 17.2 Å². The van der Waals surface area contributed by atoms with E-state index in [9.17, 15) is 13.2 Å². The number of methoxy groups -OCH3 is 1. The van der Waals surface area contributed by atoms with Crippen LogP contribution in [0.25, 0.3) is 16.8 Å². The maximum atomic E-state index is 13.4. The molecule has 0 fully saturated rings. The van der Waals surface area contributed by atoms with Gasteiger partial charge in [0.2, 0.25) is 17.0 Å².